The first kappa shape index (κ1) is 25.1. The van der Waals surface area contributed by atoms with Gasteiger partial charge < -0.3 is 9.80 Å². The van der Waals surface area contributed by atoms with Gasteiger partial charge in [-0.15, -0.1) is 0 Å². The van der Waals surface area contributed by atoms with Gasteiger partial charge in [0.2, 0.25) is 0 Å². The van der Waals surface area contributed by atoms with Crippen LogP contribution < -0.4 is 0 Å². The normalized spacial score (nSPS) is 23.8. The van der Waals surface area contributed by atoms with Crippen molar-refractivity contribution in [2.45, 2.75) is 82.6 Å². The molecule has 0 bridgehead atoms. The third kappa shape index (κ3) is 5.35. The number of benzene rings is 2. The molecule has 3 heterocycles. The molecule has 6 rings (SSSR count). The van der Waals surface area contributed by atoms with Gasteiger partial charge in [0.05, 0.1) is 0 Å². The van der Waals surface area contributed by atoms with Crippen LogP contribution in [0.1, 0.15) is 68.9 Å². The zero-order valence-corrected chi connectivity index (χ0v) is 22.2. The average molecular weight is 504 g/mol. The maximum atomic E-state index is 15.9. The second-order valence-corrected chi connectivity index (χ2v) is 12.0. The van der Waals surface area contributed by atoms with Gasteiger partial charge in [0.15, 0.2) is 5.67 Å². The predicted molar refractivity (Wildman–Crippen MR) is 147 cm³/mol. The first-order valence-corrected chi connectivity index (χ1v) is 14.7. The molecule has 4 aliphatic rings. The van der Waals surface area contributed by atoms with E-state index < -0.39 is 5.67 Å². The lowest BCUT2D eigenvalue weighted by Crippen LogP contribution is -2.55. The fourth-order valence-electron chi connectivity index (χ4n) is 7.35. The van der Waals surface area contributed by atoms with Gasteiger partial charge in [-0.05, 0) is 53.9 Å². The number of hydrogen-bond acceptors (Lipinski definition) is 3. The Balaban J connectivity index is 1.05. The number of piperidine rings is 2. The van der Waals surface area contributed by atoms with Gasteiger partial charge in [-0.1, -0.05) is 67.8 Å². The van der Waals surface area contributed by atoms with E-state index in [2.05, 4.69) is 58.3 Å². The number of nitrogens with zero attached hydrogens (tertiary/aromatic N) is 3. The van der Waals surface area contributed by atoms with Crippen LogP contribution in [0.25, 0.3) is 11.1 Å². The number of amides is 1. The van der Waals surface area contributed by atoms with E-state index in [0.29, 0.717) is 32.0 Å². The van der Waals surface area contributed by atoms with Crippen molar-refractivity contribution in [1.82, 2.24) is 14.7 Å². The monoisotopic (exact) mass is 503 g/mol. The second kappa shape index (κ2) is 10.9. The molecule has 0 atom stereocenters. The number of alkyl halides is 1. The molecule has 3 aliphatic heterocycles. The van der Waals surface area contributed by atoms with Crippen molar-refractivity contribution >= 4 is 5.91 Å². The highest BCUT2D eigenvalue weighted by molar-refractivity contribution is 5.85. The molecule has 0 radical (unpaired) electrons. The highest BCUT2D eigenvalue weighted by atomic mass is 19.1. The quantitative estimate of drug-likeness (QED) is 0.509. The summed E-state index contributed by atoms with van der Waals surface area (Å²) in [6.45, 7) is 5.73. The van der Waals surface area contributed by atoms with Crippen molar-refractivity contribution in [3.8, 4) is 11.1 Å². The Labute approximate surface area is 221 Å². The summed E-state index contributed by atoms with van der Waals surface area (Å²) < 4.78 is 15.9. The molecule has 5 heteroatoms. The highest BCUT2D eigenvalue weighted by Crippen LogP contribution is 2.36. The standard InChI is InChI=1S/C32H42FN3O/c33-32(16-20-34(21-17-32)22-25-8-2-1-3-9-25)31(37)35-18-14-28(15-19-35)36-23-26-10-4-6-12-29(26)30-13-7-5-11-27(30)24-36/h4-7,10-13,25,28H,1-3,8-9,14-24H2. The number of rotatable bonds is 4. The summed E-state index contributed by atoms with van der Waals surface area (Å²) >= 11 is 0. The molecule has 2 aromatic rings. The van der Waals surface area contributed by atoms with Crippen LogP contribution in [0, 0.1) is 5.92 Å². The third-order valence-corrected chi connectivity index (χ3v) is 9.61. The van der Waals surface area contributed by atoms with E-state index in [1.807, 2.05) is 4.90 Å². The van der Waals surface area contributed by atoms with Gasteiger partial charge in [0, 0.05) is 64.7 Å². The molecule has 37 heavy (non-hydrogen) atoms. The molecule has 0 aromatic heterocycles. The van der Waals surface area contributed by atoms with Crippen LogP contribution in [-0.2, 0) is 17.9 Å². The number of likely N-dealkylation sites (tertiary alicyclic amines) is 2. The minimum Gasteiger partial charge on any atom is -0.340 e. The molecule has 3 fully saturated rings. The lowest BCUT2D eigenvalue weighted by atomic mass is 9.86. The SMILES string of the molecule is O=C(N1CCC(N2Cc3ccccc3-c3ccccc3C2)CC1)C1(F)CCN(CC2CCCCC2)CC1. The topological polar surface area (TPSA) is 26.8 Å². The zero-order chi connectivity index (χ0) is 25.2. The van der Waals surface area contributed by atoms with Gasteiger partial charge in [-0.2, -0.15) is 0 Å². The van der Waals surface area contributed by atoms with Crippen LogP contribution >= 0.6 is 0 Å². The maximum absolute atomic E-state index is 15.9. The molecule has 0 spiro atoms. The summed E-state index contributed by atoms with van der Waals surface area (Å²) in [5, 5.41) is 0. The number of hydrogen-bond donors (Lipinski definition) is 0. The fourth-order valence-corrected chi connectivity index (χ4v) is 7.35. The van der Waals surface area contributed by atoms with Crippen LogP contribution in [0.15, 0.2) is 48.5 Å². The number of fused-ring (bicyclic) bond motifs is 3. The molecule has 4 nitrogen and oxygen atoms in total. The van der Waals surface area contributed by atoms with Crippen LogP contribution in [0.5, 0.6) is 0 Å². The third-order valence-electron chi connectivity index (χ3n) is 9.61. The largest absolute Gasteiger partial charge is 0.340 e. The smallest absolute Gasteiger partial charge is 0.260 e. The Morgan fingerprint density at radius 1 is 0.784 bits per heavy atom. The zero-order valence-electron chi connectivity index (χ0n) is 22.2. The van der Waals surface area contributed by atoms with Crippen molar-refractivity contribution in [3.63, 3.8) is 0 Å². The Bertz CT molecular complexity index is 1030. The molecule has 2 saturated heterocycles. The van der Waals surface area contributed by atoms with Crippen molar-refractivity contribution in [1.29, 1.82) is 0 Å². The van der Waals surface area contributed by atoms with E-state index >= 15 is 4.39 Å². The van der Waals surface area contributed by atoms with Gasteiger partial charge in [0.1, 0.15) is 0 Å². The van der Waals surface area contributed by atoms with Crippen molar-refractivity contribution in [3.05, 3.63) is 59.7 Å². The molecule has 1 saturated carbocycles. The summed E-state index contributed by atoms with van der Waals surface area (Å²) in [4.78, 5) is 20.2. The first-order valence-electron chi connectivity index (χ1n) is 14.7. The number of carbonyl (C=O) groups excluding carboxylic acids is 1. The van der Waals surface area contributed by atoms with E-state index in [0.717, 1.165) is 51.5 Å². The van der Waals surface area contributed by atoms with Gasteiger partial charge in [-0.25, -0.2) is 4.39 Å². The summed E-state index contributed by atoms with van der Waals surface area (Å²) in [6, 6.07) is 17.9. The van der Waals surface area contributed by atoms with E-state index in [9.17, 15) is 4.79 Å². The fraction of sp³-hybridized carbons (Fsp3) is 0.594. The van der Waals surface area contributed by atoms with Gasteiger partial charge in [0.25, 0.3) is 5.91 Å². The van der Waals surface area contributed by atoms with Crippen molar-refractivity contribution < 1.29 is 9.18 Å². The number of carbonyl (C=O) groups is 1. The molecular weight excluding hydrogens is 461 g/mol. The molecule has 2 aromatic carbocycles. The Kier molecular flexibility index (Phi) is 7.36. The van der Waals surface area contributed by atoms with Crippen LogP contribution in [0.3, 0.4) is 0 Å². The molecule has 0 N–H and O–H groups in total. The average Bonchev–Trinajstić information content (AvgIpc) is 3.12. The maximum Gasteiger partial charge on any atom is 0.260 e. The van der Waals surface area contributed by atoms with Crippen molar-refractivity contribution in [2.75, 3.05) is 32.7 Å². The van der Waals surface area contributed by atoms with E-state index in [4.69, 9.17) is 0 Å². The van der Waals surface area contributed by atoms with Gasteiger partial charge >= 0.3 is 0 Å². The molecule has 1 amide bonds. The summed E-state index contributed by atoms with van der Waals surface area (Å²) in [7, 11) is 0. The van der Waals surface area contributed by atoms with Crippen LogP contribution in [-0.4, -0.2) is 65.0 Å². The predicted octanol–water partition coefficient (Wildman–Crippen LogP) is 6.04. The highest BCUT2D eigenvalue weighted by Gasteiger charge is 2.45. The Morgan fingerprint density at radius 3 is 1.95 bits per heavy atom. The van der Waals surface area contributed by atoms with Crippen molar-refractivity contribution in [2.24, 2.45) is 5.92 Å². The minimum atomic E-state index is -1.67. The van der Waals surface area contributed by atoms with E-state index in [1.54, 1.807) is 0 Å². The molecule has 0 unspecified atom stereocenters. The molecular formula is C32H42FN3O. The van der Waals surface area contributed by atoms with E-state index in [-0.39, 0.29) is 5.91 Å². The minimum absolute atomic E-state index is 0.241. The van der Waals surface area contributed by atoms with E-state index in [1.165, 1.54) is 54.4 Å². The summed E-state index contributed by atoms with van der Waals surface area (Å²) in [6.07, 6.45) is 9.25. The molecule has 198 valence electrons. The summed E-state index contributed by atoms with van der Waals surface area (Å²) in [5.74, 6) is 0.531. The van der Waals surface area contributed by atoms with Gasteiger partial charge in [-0.3, -0.25) is 9.69 Å². The lowest BCUT2D eigenvalue weighted by molar-refractivity contribution is -0.149. The number of halogens is 1. The lowest BCUT2D eigenvalue weighted by Gasteiger charge is -2.43. The Hall–Kier alpha value is -2.24. The Morgan fingerprint density at radius 2 is 1.35 bits per heavy atom. The van der Waals surface area contributed by atoms with Crippen LogP contribution in [0.2, 0.25) is 0 Å². The first-order chi connectivity index (χ1) is 18.1. The summed E-state index contributed by atoms with van der Waals surface area (Å²) in [5.41, 5.74) is 3.74. The van der Waals surface area contributed by atoms with Crippen LogP contribution in [0.4, 0.5) is 4.39 Å². The molecule has 1 aliphatic carbocycles. The second-order valence-electron chi connectivity index (χ2n) is 12.0.